The lowest BCUT2D eigenvalue weighted by atomic mass is 9.93. The maximum atomic E-state index is 12.4. The van der Waals surface area contributed by atoms with Gasteiger partial charge in [0.25, 0.3) is 11.5 Å². The molecule has 0 atom stereocenters. The average molecular weight is 358 g/mol. The molecule has 0 saturated heterocycles. The first-order chi connectivity index (χ1) is 13.1. The Labute approximate surface area is 158 Å². The molecule has 2 N–H and O–H groups in total. The minimum absolute atomic E-state index is 0.173. The van der Waals surface area contributed by atoms with E-state index in [-0.39, 0.29) is 5.56 Å². The Hall–Kier alpha value is -3.12. The topological polar surface area (TPSA) is 71.3 Å². The molecule has 0 bridgehead atoms. The van der Waals surface area contributed by atoms with Crippen LogP contribution in [0.15, 0.2) is 65.6 Å². The van der Waals surface area contributed by atoms with Gasteiger partial charge in [0, 0.05) is 24.4 Å². The summed E-state index contributed by atoms with van der Waals surface area (Å²) in [5.41, 5.74) is 3.67. The van der Waals surface area contributed by atoms with Crippen LogP contribution in [0.3, 0.4) is 0 Å². The molecular weight excluding hydrogens is 339 g/mol. The molecule has 3 rings (SSSR count). The minimum Gasteiger partial charge on any atom is -0.315 e. The van der Waals surface area contributed by atoms with Gasteiger partial charge in [-0.05, 0) is 47.4 Å². The average Bonchev–Trinajstić information content (AvgIpc) is 2.68. The number of benzene rings is 2. The van der Waals surface area contributed by atoms with Crippen LogP contribution in [-0.2, 0) is 17.8 Å². The fourth-order valence-corrected chi connectivity index (χ4v) is 2.98. The molecule has 134 valence electrons. The van der Waals surface area contributed by atoms with Crippen LogP contribution < -0.4 is 16.5 Å². The first kappa shape index (κ1) is 18.7. The van der Waals surface area contributed by atoms with Crippen LogP contribution in [0.2, 0.25) is 0 Å². The first-order valence-electron chi connectivity index (χ1n) is 8.66. The number of aromatic nitrogens is 1. The molecule has 0 aliphatic heterocycles. The molecule has 27 heavy (non-hydrogen) atoms. The van der Waals surface area contributed by atoms with Crippen molar-refractivity contribution in [3.8, 4) is 0 Å². The number of hydrogen-bond donors (Lipinski definition) is 2. The lowest BCUT2D eigenvalue weighted by molar-refractivity contribution is -0.124. The molecule has 1 aromatic heterocycles. The highest BCUT2D eigenvalue weighted by Gasteiger charge is 2.03. The van der Waals surface area contributed by atoms with Crippen molar-refractivity contribution in [2.24, 2.45) is 0 Å². The van der Waals surface area contributed by atoms with E-state index in [1.165, 1.54) is 17.1 Å². The van der Waals surface area contributed by atoms with E-state index < -0.39 is 5.91 Å². The number of hydroxylamine groups is 1. The zero-order valence-corrected chi connectivity index (χ0v) is 14.8. The van der Waals surface area contributed by atoms with Crippen LogP contribution in [0.25, 0.3) is 16.8 Å². The summed E-state index contributed by atoms with van der Waals surface area (Å²) in [5, 5.41) is 10.8. The molecule has 0 fully saturated rings. The molecule has 0 aliphatic carbocycles. The smallest absolute Gasteiger partial charge is 0.267 e. The summed E-state index contributed by atoms with van der Waals surface area (Å²) >= 11 is 0. The molecule has 2 aromatic carbocycles. The Bertz CT molecular complexity index is 1060. The number of nitrogens with one attached hydrogen (secondary N) is 1. The van der Waals surface area contributed by atoms with Gasteiger partial charge >= 0.3 is 0 Å². The normalized spacial score (nSPS) is 11.1. The van der Waals surface area contributed by atoms with Gasteiger partial charge in [0.2, 0.25) is 0 Å². The van der Waals surface area contributed by atoms with Crippen LogP contribution in [0.1, 0.15) is 17.5 Å². The number of fused-ring (bicyclic) bond motifs is 1. The predicted octanol–water partition coefficient (Wildman–Crippen LogP) is 1.95. The zero-order valence-electron chi connectivity index (χ0n) is 14.8. The van der Waals surface area contributed by atoms with Crippen molar-refractivity contribution in [1.29, 1.82) is 0 Å². The Morgan fingerprint density at radius 3 is 2.74 bits per heavy atom. The monoisotopic (exact) mass is 358 g/mol. The van der Waals surface area contributed by atoms with E-state index in [9.17, 15) is 9.59 Å². The van der Waals surface area contributed by atoms with Crippen molar-refractivity contribution >= 4 is 36.1 Å². The van der Waals surface area contributed by atoms with Gasteiger partial charge in [-0.15, -0.1) is 0 Å². The third kappa shape index (κ3) is 4.74. The second-order valence-electron chi connectivity index (χ2n) is 6.32. The summed E-state index contributed by atoms with van der Waals surface area (Å²) in [6.07, 6.45) is 5.89. The van der Waals surface area contributed by atoms with Crippen molar-refractivity contribution in [1.82, 2.24) is 10.0 Å². The second-order valence-corrected chi connectivity index (χ2v) is 6.32. The number of aryl methyl sites for hydroxylation is 2. The molecule has 0 unspecified atom stereocenters. The highest BCUT2D eigenvalue weighted by atomic mass is 16.5. The van der Waals surface area contributed by atoms with Crippen molar-refractivity contribution in [3.63, 3.8) is 0 Å². The Balaban J connectivity index is 1.67. The maximum Gasteiger partial charge on any atom is 0.267 e. The summed E-state index contributed by atoms with van der Waals surface area (Å²) in [5.74, 6) is -0.678. The molecule has 5 nitrogen and oxygen atoms in total. The van der Waals surface area contributed by atoms with Crippen LogP contribution in [0.4, 0.5) is 0 Å². The largest absolute Gasteiger partial charge is 0.315 e. The van der Waals surface area contributed by atoms with Crippen molar-refractivity contribution in [3.05, 3.63) is 82.3 Å². The summed E-state index contributed by atoms with van der Waals surface area (Å²) in [6.45, 7) is 0.576. The second kappa shape index (κ2) is 8.51. The third-order valence-electron chi connectivity index (χ3n) is 4.37. The van der Waals surface area contributed by atoms with Crippen LogP contribution in [0, 0.1) is 0 Å². The standard InChI is InChI=1S/C21H19BN2O3/c22-19-9-7-17-13-15(5-6-18(17)14-19)3-1-11-24-12-2-4-16(21(24)26)8-10-20(25)23-27/h2,4-10,12-14,27H,1,3,11H2,(H,23,25)/b10-8+. The van der Waals surface area contributed by atoms with E-state index in [1.54, 1.807) is 22.9 Å². The SMILES string of the molecule is [B]c1ccc2cc(CCCn3cccc(/C=C/C(=O)NO)c3=O)ccc2c1. The van der Waals surface area contributed by atoms with E-state index in [4.69, 9.17) is 13.1 Å². The number of carbonyl (C=O) groups is 1. The number of carbonyl (C=O) groups excluding carboxylic acids is 1. The van der Waals surface area contributed by atoms with Crippen molar-refractivity contribution in [2.45, 2.75) is 19.4 Å². The maximum absolute atomic E-state index is 12.4. The molecule has 0 aliphatic rings. The fourth-order valence-electron chi connectivity index (χ4n) is 2.98. The van der Waals surface area contributed by atoms with Gasteiger partial charge in [0.1, 0.15) is 7.85 Å². The van der Waals surface area contributed by atoms with Gasteiger partial charge in [0.05, 0.1) is 0 Å². The minimum atomic E-state index is -0.678. The van der Waals surface area contributed by atoms with Crippen LogP contribution >= 0.6 is 0 Å². The lowest BCUT2D eigenvalue weighted by Gasteiger charge is -2.08. The number of pyridine rings is 1. The first-order valence-corrected chi connectivity index (χ1v) is 8.66. The molecular formula is C21H19BN2O3. The Morgan fingerprint density at radius 1 is 1.15 bits per heavy atom. The van der Waals surface area contributed by atoms with E-state index >= 15 is 0 Å². The van der Waals surface area contributed by atoms with Gasteiger partial charge in [0.15, 0.2) is 0 Å². The molecule has 1 amide bonds. The highest BCUT2D eigenvalue weighted by Crippen LogP contribution is 2.16. The predicted molar refractivity (Wildman–Crippen MR) is 107 cm³/mol. The summed E-state index contributed by atoms with van der Waals surface area (Å²) < 4.78 is 1.62. The highest BCUT2D eigenvalue weighted by molar-refractivity contribution is 6.33. The number of hydrogen-bond acceptors (Lipinski definition) is 3. The summed E-state index contributed by atoms with van der Waals surface area (Å²) in [6, 6.07) is 15.5. The number of rotatable bonds is 6. The quantitative estimate of drug-likeness (QED) is 0.306. The Kier molecular flexibility index (Phi) is 5.89. The Morgan fingerprint density at radius 2 is 1.93 bits per heavy atom. The molecule has 0 saturated carbocycles. The van der Waals surface area contributed by atoms with E-state index in [2.05, 4.69) is 18.2 Å². The van der Waals surface area contributed by atoms with Crippen LogP contribution in [-0.4, -0.2) is 23.5 Å². The van der Waals surface area contributed by atoms with Gasteiger partial charge < -0.3 is 4.57 Å². The van der Waals surface area contributed by atoms with Crippen LogP contribution in [0.5, 0.6) is 0 Å². The van der Waals surface area contributed by atoms with Gasteiger partial charge in [-0.3, -0.25) is 14.8 Å². The molecule has 2 radical (unpaired) electrons. The molecule has 6 heteroatoms. The van der Waals surface area contributed by atoms with Crippen molar-refractivity contribution in [2.75, 3.05) is 0 Å². The van der Waals surface area contributed by atoms with Gasteiger partial charge in [-0.2, -0.15) is 0 Å². The van der Waals surface area contributed by atoms with E-state index in [0.29, 0.717) is 12.1 Å². The fraction of sp³-hybridized carbons (Fsp3) is 0.143. The third-order valence-corrected chi connectivity index (χ3v) is 4.37. The van der Waals surface area contributed by atoms with Gasteiger partial charge in [-0.25, -0.2) is 5.48 Å². The number of nitrogens with zero attached hydrogens (tertiary/aromatic N) is 1. The van der Waals surface area contributed by atoms with Crippen molar-refractivity contribution < 1.29 is 10.0 Å². The molecule has 1 heterocycles. The van der Waals surface area contributed by atoms with Gasteiger partial charge in [-0.1, -0.05) is 41.9 Å². The lowest BCUT2D eigenvalue weighted by Crippen LogP contribution is -2.22. The summed E-state index contributed by atoms with van der Waals surface area (Å²) in [4.78, 5) is 23.5. The van der Waals surface area contributed by atoms with E-state index in [1.807, 2.05) is 18.2 Å². The molecule has 0 spiro atoms. The molecule has 3 aromatic rings. The summed E-state index contributed by atoms with van der Waals surface area (Å²) in [7, 11) is 5.81. The van der Waals surface area contributed by atoms with E-state index in [0.717, 1.165) is 35.2 Å². The number of amides is 1. The zero-order chi connectivity index (χ0) is 19.2.